The average molecular weight is 203 g/mol. The summed E-state index contributed by atoms with van der Waals surface area (Å²) < 4.78 is 0. The van der Waals surface area contributed by atoms with E-state index in [1.165, 1.54) is 5.56 Å². The minimum absolute atomic E-state index is 0.303. The van der Waals surface area contributed by atoms with Crippen LogP contribution in [0.15, 0.2) is 30.3 Å². The Morgan fingerprint density at radius 3 is 2.73 bits per heavy atom. The molecule has 1 fully saturated rings. The van der Waals surface area contributed by atoms with Crippen molar-refractivity contribution < 1.29 is 4.79 Å². The van der Waals surface area contributed by atoms with Gasteiger partial charge in [0.15, 0.2) is 0 Å². The molecule has 1 amide bonds. The fraction of sp³-hybridized carbons (Fsp3) is 0.462. The first-order chi connectivity index (χ1) is 7.25. The van der Waals surface area contributed by atoms with Crippen molar-refractivity contribution in [1.82, 2.24) is 4.90 Å². The largest absolute Gasteiger partial charge is 0.338 e. The molecule has 0 spiro atoms. The van der Waals surface area contributed by atoms with Crippen LogP contribution >= 0.6 is 0 Å². The molecule has 2 heteroatoms. The quantitative estimate of drug-likeness (QED) is 0.723. The third-order valence-corrected chi connectivity index (χ3v) is 2.98. The highest BCUT2D eigenvalue weighted by molar-refractivity contribution is 5.77. The second kappa shape index (κ2) is 4.47. The Morgan fingerprint density at radius 1 is 1.33 bits per heavy atom. The molecule has 2 rings (SSSR count). The number of carbonyl (C=O) groups is 1. The molecule has 0 N–H and O–H groups in total. The van der Waals surface area contributed by atoms with Crippen molar-refractivity contribution in [1.29, 1.82) is 0 Å². The van der Waals surface area contributed by atoms with Gasteiger partial charge in [-0.15, -0.1) is 0 Å². The van der Waals surface area contributed by atoms with Crippen molar-refractivity contribution >= 4 is 5.91 Å². The standard InChI is InChI=1S/C13H17NO/c1-11-7-8-14(13(15)9-11)10-12-5-3-2-4-6-12/h2-6,11H,7-10H2,1H3. The monoisotopic (exact) mass is 203 g/mol. The van der Waals surface area contributed by atoms with Crippen LogP contribution in [-0.2, 0) is 11.3 Å². The minimum Gasteiger partial charge on any atom is -0.338 e. The summed E-state index contributed by atoms with van der Waals surface area (Å²) in [6, 6.07) is 10.2. The van der Waals surface area contributed by atoms with E-state index >= 15 is 0 Å². The van der Waals surface area contributed by atoms with Crippen LogP contribution in [0.4, 0.5) is 0 Å². The van der Waals surface area contributed by atoms with Gasteiger partial charge >= 0.3 is 0 Å². The van der Waals surface area contributed by atoms with Gasteiger partial charge in [-0.3, -0.25) is 4.79 Å². The number of likely N-dealkylation sites (tertiary alicyclic amines) is 1. The molecule has 0 aromatic heterocycles. The number of benzene rings is 1. The fourth-order valence-corrected chi connectivity index (χ4v) is 2.00. The summed E-state index contributed by atoms with van der Waals surface area (Å²) in [6.45, 7) is 3.83. The lowest BCUT2D eigenvalue weighted by molar-refractivity contribution is -0.135. The number of rotatable bonds is 2. The van der Waals surface area contributed by atoms with E-state index in [2.05, 4.69) is 19.1 Å². The van der Waals surface area contributed by atoms with E-state index in [-0.39, 0.29) is 0 Å². The molecule has 15 heavy (non-hydrogen) atoms. The minimum atomic E-state index is 0.303. The Morgan fingerprint density at radius 2 is 2.07 bits per heavy atom. The third kappa shape index (κ3) is 2.58. The normalized spacial score (nSPS) is 21.8. The highest BCUT2D eigenvalue weighted by Gasteiger charge is 2.22. The molecule has 0 aliphatic carbocycles. The Bertz CT molecular complexity index is 334. The van der Waals surface area contributed by atoms with Gasteiger partial charge in [0.1, 0.15) is 0 Å². The lowest BCUT2D eigenvalue weighted by Gasteiger charge is -2.30. The molecule has 1 aliphatic rings. The summed E-state index contributed by atoms with van der Waals surface area (Å²) in [6.07, 6.45) is 1.85. The van der Waals surface area contributed by atoms with E-state index < -0.39 is 0 Å². The molecule has 0 saturated carbocycles. The summed E-state index contributed by atoms with van der Waals surface area (Å²) in [5.74, 6) is 0.863. The van der Waals surface area contributed by atoms with Crippen LogP contribution in [0.5, 0.6) is 0 Å². The van der Waals surface area contributed by atoms with E-state index in [1.54, 1.807) is 0 Å². The van der Waals surface area contributed by atoms with Crippen molar-refractivity contribution in [3.8, 4) is 0 Å². The van der Waals surface area contributed by atoms with Crippen LogP contribution in [0.1, 0.15) is 25.3 Å². The highest BCUT2D eigenvalue weighted by Crippen LogP contribution is 2.19. The molecule has 0 bridgehead atoms. The number of carbonyl (C=O) groups excluding carboxylic acids is 1. The Hall–Kier alpha value is -1.31. The predicted octanol–water partition coefficient (Wildman–Crippen LogP) is 2.45. The molecule has 1 heterocycles. The first kappa shape index (κ1) is 10.2. The summed E-state index contributed by atoms with van der Waals surface area (Å²) in [5, 5.41) is 0. The highest BCUT2D eigenvalue weighted by atomic mass is 16.2. The Kier molecular flexibility index (Phi) is 3.05. The maximum Gasteiger partial charge on any atom is 0.223 e. The lowest BCUT2D eigenvalue weighted by atomic mass is 9.98. The molecule has 1 aliphatic heterocycles. The van der Waals surface area contributed by atoms with Crippen LogP contribution in [0.3, 0.4) is 0 Å². The van der Waals surface area contributed by atoms with E-state index in [4.69, 9.17) is 0 Å². The summed E-state index contributed by atoms with van der Waals surface area (Å²) >= 11 is 0. The van der Waals surface area contributed by atoms with E-state index in [0.717, 1.165) is 19.5 Å². The molecule has 80 valence electrons. The molecule has 1 aromatic rings. The molecular formula is C13H17NO. The first-order valence-electron chi connectivity index (χ1n) is 5.57. The summed E-state index contributed by atoms with van der Waals surface area (Å²) in [4.78, 5) is 13.7. The number of hydrogen-bond donors (Lipinski definition) is 0. The van der Waals surface area contributed by atoms with Gasteiger partial charge < -0.3 is 4.90 Å². The van der Waals surface area contributed by atoms with Crippen LogP contribution in [0, 0.1) is 5.92 Å². The maximum atomic E-state index is 11.7. The predicted molar refractivity (Wildman–Crippen MR) is 60.3 cm³/mol. The van der Waals surface area contributed by atoms with E-state index in [0.29, 0.717) is 18.2 Å². The lowest BCUT2D eigenvalue weighted by Crippen LogP contribution is -2.37. The van der Waals surface area contributed by atoms with Gasteiger partial charge in [0.05, 0.1) is 0 Å². The van der Waals surface area contributed by atoms with Crippen LogP contribution in [0.2, 0.25) is 0 Å². The first-order valence-corrected chi connectivity index (χ1v) is 5.57. The average Bonchev–Trinajstić information content (AvgIpc) is 2.24. The van der Waals surface area contributed by atoms with Crippen molar-refractivity contribution in [2.45, 2.75) is 26.3 Å². The van der Waals surface area contributed by atoms with E-state index in [1.807, 2.05) is 23.1 Å². The summed E-state index contributed by atoms with van der Waals surface area (Å²) in [7, 11) is 0. The zero-order valence-corrected chi connectivity index (χ0v) is 9.15. The van der Waals surface area contributed by atoms with Crippen molar-refractivity contribution in [3.05, 3.63) is 35.9 Å². The second-order valence-corrected chi connectivity index (χ2v) is 4.40. The van der Waals surface area contributed by atoms with Crippen molar-refractivity contribution in [2.24, 2.45) is 5.92 Å². The van der Waals surface area contributed by atoms with Crippen LogP contribution in [0.25, 0.3) is 0 Å². The fourth-order valence-electron chi connectivity index (χ4n) is 2.00. The van der Waals surface area contributed by atoms with Crippen molar-refractivity contribution in [2.75, 3.05) is 6.54 Å². The Balaban J connectivity index is 1.98. The van der Waals surface area contributed by atoms with Crippen LogP contribution < -0.4 is 0 Å². The number of amides is 1. The van der Waals surface area contributed by atoms with Crippen LogP contribution in [-0.4, -0.2) is 17.4 Å². The Labute approximate surface area is 90.9 Å². The number of hydrogen-bond acceptors (Lipinski definition) is 1. The topological polar surface area (TPSA) is 20.3 Å². The molecule has 0 radical (unpaired) electrons. The van der Waals surface area contributed by atoms with Gasteiger partial charge in [0.25, 0.3) is 0 Å². The molecule has 1 unspecified atom stereocenters. The SMILES string of the molecule is CC1CCN(Cc2ccccc2)C(=O)C1. The third-order valence-electron chi connectivity index (χ3n) is 2.98. The summed E-state index contributed by atoms with van der Waals surface area (Å²) in [5.41, 5.74) is 1.22. The van der Waals surface area contributed by atoms with Crippen molar-refractivity contribution in [3.63, 3.8) is 0 Å². The zero-order valence-electron chi connectivity index (χ0n) is 9.15. The van der Waals surface area contributed by atoms with Gasteiger partial charge in [-0.2, -0.15) is 0 Å². The van der Waals surface area contributed by atoms with Gasteiger partial charge in [-0.1, -0.05) is 37.3 Å². The molecule has 2 nitrogen and oxygen atoms in total. The van der Waals surface area contributed by atoms with E-state index in [9.17, 15) is 4.79 Å². The number of piperidine rings is 1. The number of nitrogens with zero attached hydrogens (tertiary/aromatic N) is 1. The zero-order chi connectivity index (χ0) is 10.7. The van der Waals surface area contributed by atoms with Gasteiger partial charge in [0, 0.05) is 19.5 Å². The van der Waals surface area contributed by atoms with Gasteiger partial charge in [0.2, 0.25) is 5.91 Å². The second-order valence-electron chi connectivity index (χ2n) is 4.40. The maximum absolute atomic E-state index is 11.7. The molecular weight excluding hydrogens is 186 g/mol. The van der Waals surface area contributed by atoms with Gasteiger partial charge in [-0.05, 0) is 17.9 Å². The molecule has 1 saturated heterocycles. The molecule has 1 atom stereocenters. The van der Waals surface area contributed by atoms with Gasteiger partial charge in [-0.25, -0.2) is 0 Å². The smallest absolute Gasteiger partial charge is 0.223 e. The molecule has 1 aromatic carbocycles.